The first kappa shape index (κ1) is 10.8. The number of piperidine rings is 1. The van der Waals surface area contributed by atoms with Crippen molar-refractivity contribution in [2.45, 2.75) is 32.2 Å². The molecular weight excluding hydrogens is 217 g/mol. The normalized spacial score (nSPS) is 26.6. The van der Waals surface area contributed by atoms with Crippen molar-refractivity contribution in [1.82, 2.24) is 4.90 Å². The predicted molar refractivity (Wildman–Crippen MR) is 63.3 cm³/mol. The largest absolute Gasteiger partial charge is 0.335 e. The van der Waals surface area contributed by atoms with E-state index < -0.39 is 0 Å². The van der Waals surface area contributed by atoms with E-state index in [1.54, 1.807) is 13.0 Å². The van der Waals surface area contributed by atoms with Gasteiger partial charge in [-0.15, -0.1) is 0 Å². The Bertz CT molecular complexity index is 471. The van der Waals surface area contributed by atoms with Crippen LogP contribution in [0.15, 0.2) is 18.2 Å². The van der Waals surface area contributed by atoms with Crippen molar-refractivity contribution in [2.24, 2.45) is 5.92 Å². The number of hydrogen-bond acceptors (Lipinski definition) is 1. The van der Waals surface area contributed by atoms with Crippen LogP contribution in [0.4, 0.5) is 4.39 Å². The van der Waals surface area contributed by atoms with Crippen LogP contribution >= 0.6 is 0 Å². The summed E-state index contributed by atoms with van der Waals surface area (Å²) in [5.41, 5.74) is 1.39. The highest BCUT2D eigenvalue weighted by Gasteiger charge is 2.40. The maximum atomic E-state index is 13.0. The number of halogens is 1. The molecule has 3 heteroatoms. The summed E-state index contributed by atoms with van der Waals surface area (Å²) in [5, 5.41) is 0. The minimum absolute atomic E-state index is 0.0784. The Morgan fingerprint density at radius 1 is 1.41 bits per heavy atom. The smallest absolute Gasteiger partial charge is 0.254 e. The van der Waals surface area contributed by atoms with E-state index in [1.165, 1.54) is 18.6 Å². The lowest BCUT2D eigenvalue weighted by Crippen LogP contribution is -2.37. The summed E-state index contributed by atoms with van der Waals surface area (Å²) in [6.07, 6.45) is 3.56. The summed E-state index contributed by atoms with van der Waals surface area (Å²) in [6, 6.07) is 4.84. The standard InChI is InChI=1S/C14H16FNO/c1-9-6-11(15)3-5-13(9)14(17)16-8-10-2-4-12(16)7-10/h3,5-6,10,12H,2,4,7-8H2,1H3. The quantitative estimate of drug-likeness (QED) is 0.730. The molecule has 0 radical (unpaired) electrons. The van der Waals surface area contributed by atoms with E-state index in [-0.39, 0.29) is 11.7 Å². The number of fused-ring (bicyclic) bond motifs is 2. The third-order valence-corrected chi connectivity index (χ3v) is 4.09. The Labute approximate surface area is 100 Å². The number of rotatable bonds is 1. The zero-order valence-corrected chi connectivity index (χ0v) is 9.95. The van der Waals surface area contributed by atoms with E-state index in [2.05, 4.69) is 0 Å². The molecule has 0 aromatic heterocycles. The molecule has 2 nitrogen and oxygen atoms in total. The van der Waals surface area contributed by atoms with Crippen LogP contribution in [0.1, 0.15) is 35.2 Å². The topological polar surface area (TPSA) is 20.3 Å². The number of aryl methyl sites for hydroxylation is 1. The molecular formula is C14H16FNO. The van der Waals surface area contributed by atoms with Gasteiger partial charge in [0, 0.05) is 18.2 Å². The van der Waals surface area contributed by atoms with Gasteiger partial charge in [-0.3, -0.25) is 4.79 Å². The lowest BCUT2D eigenvalue weighted by atomic mass is 10.1. The van der Waals surface area contributed by atoms with Gasteiger partial charge in [0.15, 0.2) is 0 Å². The van der Waals surface area contributed by atoms with Crippen LogP contribution in [0.2, 0.25) is 0 Å². The number of nitrogens with zero attached hydrogens (tertiary/aromatic N) is 1. The van der Waals surface area contributed by atoms with Crippen LogP contribution in [0.5, 0.6) is 0 Å². The van der Waals surface area contributed by atoms with Crippen molar-refractivity contribution in [3.8, 4) is 0 Å². The van der Waals surface area contributed by atoms with E-state index >= 15 is 0 Å². The van der Waals surface area contributed by atoms with Gasteiger partial charge in [0.1, 0.15) is 5.82 Å². The third-order valence-electron chi connectivity index (χ3n) is 4.09. The molecule has 0 spiro atoms. The second kappa shape index (κ2) is 3.83. The van der Waals surface area contributed by atoms with Gasteiger partial charge >= 0.3 is 0 Å². The Morgan fingerprint density at radius 3 is 2.82 bits per heavy atom. The zero-order chi connectivity index (χ0) is 12.0. The molecule has 90 valence electrons. The summed E-state index contributed by atoms with van der Waals surface area (Å²) >= 11 is 0. The molecule has 1 aromatic rings. The first-order valence-corrected chi connectivity index (χ1v) is 6.22. The fourth-order valence-corrected chi connectivity index (χ4v) is 3.20. The minimum atomic E-state index is -0.276. The molecule has 0 N–H and O–H groups in total. The van der Waals surface area contributed by atoms with E-state index in [0.29, 0.717) is 17.5 Å². The van der Waals surface area contributed by atoms with Crippen molar-refractivity contribution in [1.29, 1.82) is 0 Å². The molecule has 1 aromatic carbocycles. The van der Waals surface area contributed by atoms with Crippen molar-refractivity contribution >= 4 is 5.91 Å². The van der Waals surface area contributed by atoms with Gasteiger partial charge in [-0.2, -0.15) is 0 Å². The van der Waals surface area contributed by atoms with Crippen molar-refractivity contribution in [2.75, 3.05) is 6.54 Å². The fraction of sp³-hybridized carbons (Fsp3) is 0.500. The van der Waals surface area contributed by atoms with Gasteiger partial charge in [-0.05, 0) is 55.9 Å². The van der Waals surface area contributed by atoms with Crippen LogP contribution in [0.3, 0.4) is 0 Å². The molecule has 2 aliphatic rings. The van der Waals surface area contributed by atoms with Crippen molar-refractivity contribution < 1.29 is 9.18 Å². The highest BCUT2D eigenvalue weighted by Crippen LogP contribution is 2.38. The number of benzene rings is 1. The van der Waals surface area contributed by atoms with Crippen LogP contribution in [-0.4, -0.2) is 23.4 Å². The number of carbonyl (C=O) groups is 1. The van der Waals surface area contributed by atoms with Crippen molar-refractivity contribution in [3.63, 3.8) is 0 Å². The molecule has 17 heavy (non-hydrogen) atoms. The summed E-state index contributed by atoms with van der Waals surface area (Å²) in [4.78, 5) is 14.4. The molecule has 2 bridgehead atoms. The molecule has 1 saturated heterocycles. The van der Waals surface area contributed by atoms with Crippen LogP contribution in [0, 0.1) is 18.7 Å². The average molecular weight is 233 g/mol. The number of amides is 1. The van der Waals surface area contributed by atoms with Gasteiger partial charge in [-0.1, -0.05) is 0 Å². The molecule has 2 atom stereocenters. The van der Waals surface area contributed by atoms with E-state index in [9.17, 15) is 9.18 Å². The number of hydrogen-bond donors (Lipinski definition) is 0. The first-order valence-electron chi connectivity index (χ1n) is 6.22. The fourth-order valence-electron chi connectivity index (χ4n) is 3.20. The Hall–Kier alpha value is -1.38. The van der Waals surface area contributed by atoms with Gasteiger partial charge < -0.3 is 4.90 Å². The molecule has 1 saturated carbocycles. The first-order chi connectivity index (χ1) is 8.15. The average Bonchev–Trinajstić information content (AvgIpc) is 2.89. The monoisotopic (exact) mass is 233 g/mol. The van der Waals surface area contributed by atoms with Crippen LogP contribution < -0.4 is 0 Å². The molecule has 2 unspecified atom stereocenters. The molecule has 3 rings (SSSR count). The van der Waals surface area contributed by atoms with Crippen molar-refractivity contribution in [3.05, 3.63) is 35.1 Å². The second-order valence-electron chi connectivity index (χ2n) is 5.25. The maximum absolute atomic E-state index is 13.0. The highest BCUT2D eigenvalue weighted by molar-refractivity contribution is 5.96. The lowest BCUT2D eigenvalue weighted by Gasteiger charge is -2.27. The van der Waals surface area contributed by atoms with Gasteiger partial charge in [0.05, 0.1) is 0 Å². The molecule has 1 aliphatic heterocycles. The van der Waals surface area contributed by atoms with Gasteiger partial charge in [0.25, 0.3) is 5.91 Å². The number of carbonyl (C=O) groups excluding carboxylic acids is 1. The molecule has 2 fully saturated rings. The van der Waals surface area contributed by atoms with Gasteiger partial charge in [0.2, 0.25) is 0 Å². The van der Waals surface area contributed by atoms with E-state index in [4.69, 9.17) is 0 Å². The summed E-state index contributed by atoms with van der Waals surface area (Å²) in [6.45, 7) is 2.69. The molecule has 1 amide bonds. The van der Waals surface area contributed by atoms with Gasteiger partial charge in [-0.25, -0.2) is 4.39 Å². The highest BCUT2D eigenvalue weighted by atomic mass is 19.1. The third kappa shape index (κ3) is 1.74. The SMILES string of the molecule is Cc1cc(F)ccc1C(=O)N1CC2CCC1C2. The maximum Gasteiger partial charge on any atom is 0.254 e. The van der Waals surface area contributed by atoms with Crippen LogP contribution in [0.25, 0.3) is 0 Å². The zero-order valence-electron chi connectivity index (χ0n) is 9.95. The molecule has 1 heterocycles. The lowest BCUT2D eigenvalue weighted by molar-refractivity contribution is 0.0703. The second-order valence-corrected chi connectivity index (χ2v) is 5.25. The number of likely N-dealkylation sites (tertiary alicyclic amines) is 1. The minimum Gasteiger partial charge on any atom is -0.335 e. The summed E-state index contributed by atoms with van der Waals surface area (Å²) in [5.74, 6) is 0.501. The Kier molecular flexibility index (Phi) is 2.42. The van der Waals surface area contributed by atoms with E-state index in [1.807, 2.05) is 4.90 Å². The summed E-state index contributed by atoms with van der Waals surface area (Å²) in [7, 11) is 0. The summed E-state index contributed by atoms with van der Waals surface area (Å²) < 4.78 is 13.0. The van der Waals surface area contributed by atoms with E-state index in [0.717, 1.165) is 24.9 Å². The Balaban J connectivity index is 1.87. The predicted octanol–water partition coefficient (Wildman–Crippen LogP) is 2.76. The van der Waals surface area contributed by atoms with Crippen LogP contribution in [-0.2, 0) is 0 Å². The Morgan fingerprint density at radius 2 is 2.24 bits per heavy atom. The molecule has 1 aliphatic carbocycles.